The fraction of sp³-hybridized carbons (Fsp3) is 0.857. The van der Waals surface area contributed by atoms with Crippen molar-refractivity contribution >= 4 is 6.16 Å². The van der Waals surface area contributed by atoms with E-state index in [0.717, 1.165) is 0 Å². The SMILES string of the molecule is CC(COO)OC(=O)OC(C)COO. The van der Waals surface area contributed by atoms with Gasteiger partial charge in [-0.2, -0.15) is 0 Å². The Labute approximate surface area is 81.0 Å². The van der Waals surface area contributed by atoms with E-state index < -0.39 is 18.4 Å². The van der Waals surface area contributed by atoms with E-state index in [1.807, 2.05) is 0 Å². The first-order valence-corrected chi connectivity index (χ1v) is 4.00. The summed E-state index contributed by atoms with van der Waals surface area (Å²) in [5.41, 5.74) is 0. The van der Waals surface area contributed by atoms with Gasteiger partial charge >= 0.3 is 6.16 Å². The van der Waals surface area contributed by atoms with Gasteiger partial charge in [0.1, 0.15) is 25.4 Å². The molecule has 0 spiro atoms. The molecule has 0 aliphatic heterocycles. The molecule has 2 N–H and O–H groups in total. The van der Waals surface area contributed by atoms with Crippen molar-refractivity contribution in [3.05, 3.63) is 0 Å². The van der Waals surface area contributed by atoms with Gasteiger partial charge in [0, 0.05) is 0 Å². The molecule has 0 bridgehead atoms. The summed E-state index contributed by atoms with van der Waals surface area (Å²) in [6.45, 7) is 2.76. The van der Waals surface area contributed by atoms with Crippen LogP contribution in [0.25, 0.3) is 0 Å². The van der Waals surface area contributed by atoms with Crippen molar-refractivity contribution in [1.29, 1.82) is 0 Å². The van der Waals surface area contributed by atoms with Crippen LogP contribution < -0.4 is 0 Å². The van der Waals surface area contributed by atoms with Gasteiger partial charge in [0.2, 0.25) is 0 Å². The zero-order chi connectivity index (χ0) is 11.0. The lowest BCUT2D eigenvalue weighted by Crippen LogP contribution is -2.25. The average Bonchev–Trinajstić information content (AvgIpc) is 2.03. The average molecular weight is 210 g/mol. The highest BCUT2D eigenvalue weighted by molar-refractivity contribution is 5.60. The lowest BCUT2D eigenvalue weighted by molar-refractivity contribution is -0.260. The van der Waals surface area contributed by atoms with Crippen LogP contribution in [0, 0.1) is 0 Å². The van der Waals surface area contributed by atoms with Gasteiger partial charge in [-0.1, -0.05) is 0 Å². The zero-order valence-corrected chi connectivity index (χ0v) is 8.00. The molecule has 0 aliphatic carbocycles. The standard InChI is InChI=1S/C7H14O7/c1-5(3-11-9)13-7(8)14-6(2)4-12-10/h5-6,9-10H,3-4H2,1-2H3. The topological polar surface area (TPSA) is 94.5 Å². The van der Waals surface area contributed by atoms with Gasteiger partial charge in [0.05, 0.1) is 0 Å². The number of hydrogen-bond acceptors (Lipinski definition) is 7. The van der Waals surface area contributed by atoms with E-state index in [0.29, 0.717) is 0 Å². The molecule has 0 amide bonds. The van der Waals surface area contributed by atoms with Gasteiger partial charge in [0.25, 0.3) is 0 Å². The summed E-state index contributed by atoms with van der Waals surface area (Å²) in [6, 6.07) is 0. The first-order chi connectivity index (χ1) is 6.60. The van der Waals surface area contributed by atoms with Gasteiger partial charge in [-0.15, -0.1) is 0 Å². The summed E-state index contributed by atoms with van der Waals surface area (Å²) in [7, 11) is 0. The normalized spacial score (nSPS) is 14.6. The van der Waals surface area contributed by atoms with Crippen LogP contribution in [0.15, 0.2) is 0 Å². The van der Waals surface area contributed by atoms with Crippen LogP contribution in [0.5, 0.6) is 0 Å². The fourth-order valence-electron chi connectivity index (χ4n) is 0.634. The third-order valence-corrected chi connectivity index (χ3v) is 1.21. The highest BCUT2D eigenvalue weighted by Crippen LogP contribution is 1.99. The maximum absolute atomic E-state index is 10.9. The number of hydrogen-bond donors (Lipinski definition) is 2. The Morgan fingerprint density at radius 2 is 1.43 bits per heavy atom. The summed E-state index contributed by atoms with van der Waals surface area (Å²) in [5.74, 6) is 0. The molecule has 2 unspecified atom stereocenters. The molecule has 84 valence electrons. The van der Waals surface area contributed by atoms with E-state index in [2.05, 4.69) is 19.2 Å². The van der Waals surface area contributed by atoms with Crippen LogP contribution >= 0.6 is 0 Å². The maximum atomic E-state index is 10.9. The van der Waals surface area contributed by atoms with Gasteiger partial charge in [-0.25, -0.2) is 14.6 Å². The van der Waals surface area contributed by atoms with E-state index in [-0.39, 0.29) is 13.2 Å². The second kappa shape index (κ2) is 7.51. The summed E-state index contributed by atoms with van der Waals surface area (Å²) >= 11 is 0. The molecule has 0 aliphatic rings. The third kappa shape index (κ3) is 6.61. The highest BCUT2D eigenvalue weighted by atomic mass is 17.1. The molecule has 0 aromatic heterocycles. The number of ether oxygens (including phenoxy) is 2. The minimum absolute atomic E-state index is 0.139. The van der Waals surface area contributed by atoms with Crippen molar-refractivity contribution in [1.82, 2.24) is 0 Å². The van der Waals surface area contributed by atoms with E-state index in [1.54, 1.807) is 0 Å². The van der Waals surface area contributed by atoms with E-state index in [4.69, 9.17) is 10.5 Å². The third-order valence-electron chi connectivity index (χ3n) is 1.21. The van der Waals surface area contributed by atoms with Crippen LogP contribution in [-0.4, -0.2) is 42.1 Å². The second-order valence-corrected chi connectivity index (χ2v) is 2.70. The minimum atomic E-state index is -0.917. The smallest absolute Gasteiger partial charge is 0.429 e. The van der Waals surface area contributed by atoms with Crippen LogP contribution in [0.4, 0.5) is 4.79 Å². The number of rotatable bonds is 6. The summed E-state index contributed by atoms with van der Waals surface area (Å²) < 4.78 is 9.25. The Kier molecular flexibility index (Phi) is 7.03. The van der Waals surface area contributed by atoms with Crippen LogP contribution in [0.2, 0.25) is 0 Å². The predicted molar refractivity (Wildman–Crippen MR) is 43.7 cm³/mol. The zero-order valence-electron chi connectivity index (χ0n) is 8.00. The molecule has 0 saturated carbocycles. The monoisotopic (exact) mass is 210 g/mol. The second-order valence-electron chi connectivity index (χ2n) is 2.70. The van der Waals surface area contributed by atoms with Gasteiger partial charge < -0.3 is 9.47 Å². The van der Waals surface area contributed by atoms with Crippen LogP contribution in [0.3, 0.4) is 0 Å². The first-order valence-electron chi connectivity index (χ1n) is 4.00. The molecule has 7 heteroatoms. The van der Waals surface area contributed by atoms with Gasteiger partial charge in [0.15, 0.2) is 0 Å². The number of carbonyl (C=O) groups is 1. The molecule has 0 fully saturated rings. The van der Waals surface area contributed by atoms with E-state index in [9.17, 15) is 4.79 Å². The molecule has 0 saturated heterocycles. The molecule has 0 radical (unpaired) electrons. The van der Waals surface area contributed by atoms with Gasteiger partial charge in [-0.05, 0) is 13.8 Å². The van der Waals surface area contributed by atoms with Crippen molar-refractivity contribution in [2.45, 2.75) is 26.1 Å². The van der Waals surface area contributed by atoms with Crippen molar-refractivity contribution in [3.63, 3.8) is 0 Å². The highest BCUT2D eigenvalue weighted by Gasteiger charge is 2.14. The summed E-state index contributed by atoms with van der Waals surface area (Å²) in [5, 5.41) is 16.1. The molecule has 0 aromatic carbocycles. The Bertz CT molecular complexity index is 144. The molecule has 7 nitrogen and oxygen atoms in total. The van der Waals surface area contributed by atoms with Gasteiger partial charge in [-0.3, -0.25) is 10.5 Å². The minimum Gasteiger partial charge on any atom is -0.429 e. The Hall–Kier alpha value is -0.890. The first kappa shape index (κ1) is 13.1. The molecule has 0 rings (SSSR count). The predicted octanol–water partition coefficient (Wildman–Crippen LogP) is 0.896. The lowest BCUT2D eigenvalue weighted by atomic mass is 10.4. The largest absolute Gasteiger partial charge is 0.508 e. The van der Waals surface area contributed by atoms with Crippen molar-refractivity contribution in [3.8, 4) is 0 Å². The van der Waals surface area contributed by atoms with Crippen LogP contribution in [0.1, 0.15) is 13.8 Å². The Balaban J connectivity index is 3.63. The van der Waals surface area contributed by atoms with Crippen LogP contribution in [-0.2, 0) is 19.2 Å². The van der Waals surface area contributed by atoms with E-state index >= 15 is 0 Å². The summed E-state index contributed by atoms with van der Waals surface area (Å²) in [6.07, 6.45) is -2.15. The Morgan fingerprint density at radius 3 is 1.71 bits per heavy atom. The quantitative estimate of drug-likeness (QED) is 0.382. The molecular formula is C7H14O7. The maximum Gasteiger partial charge on any atom is 0.508 e. The van der Waals surface area contributed by atoms with E-state index in [1.165, 1.54) is 13.8 Å². The molecule has 0 heterocycles. The molecular weight excluding hydrogens is 196 g/mol. The Morgan fingerprint density at radius 1 is 1.07 bits per heavy atom. The summed E-state index contributed by atoms with van der Waals surface area (Å²) in [4.78, 5) is 18.4. The molecule has 0 aromatic rings. The molecule has 2 atom stereocenters. The van der Waals surface area contributed by atoms with Crippen molar-refractivity contribution in [2.24, 2.45) is 0 Å². The fourth-order valence-corrected chi connectivity index (χ4v) is 0.634. The lowest BCUT2D eigenvalue weighted by Gasteiger charge is -2.14. The number of carbonyl (C=O) groups excluding carboxylic acids is 1. The molecule has 14 heavy (non-hydrogen) atoms. The van der Waals surface area contributed by atoms with Crippen molar-refractivity contribution in [2.75, 3.05) is 13.2 Å². The van der Waals surface area contributed by atoms with Crippen molar-refractivity contribution < 1.29 is 34.6 Å².